The van der Waals surface area contributed by atoms with Crippen LogP contribution in [-0.4, -0.2) is 65.7 Å². The average Bonchev–Trinajstić information content (AvgIpc) is 3.44. The van der Waals surface area contributed by atoms with Crippen molar-refractivity contribution in [1.82, 2.24) is 15.2 Å². The van der Waals surface area contributed by atoms with Crippen LogP contribution in [-0.2, 0) is 11.3 Å². The molecule has 1 heterocycles. The number of benzene rings is 4. The van der Waals surface area contributed by atoms with Gasteiger partial charge in [0.15, 0.2) is 6.61 Å². The minimum Gasteiger partial charge on any atom is -0.506 e. The van der Waals surface area contributed by atoms with E-state index in [2.05, 4.69) is 53.7 Å². The number of hydrazone groups is 1. The summed E-state index contributed by atoms with van der Waals surface area (Å²) >= 11 is 5.91. The molecule has 0 aliphatic carbocycles. The van der Waals surface area contributed by atoms with Gasteiger partial charge in [0.1, 0.15) is 11.5 Å². The number of hydrogen-bond acceptors (Lipinski definition) is 6. The summed E-state index contributed by atoms with van der Waals surface area (Å²) in [6.07, 6.45) is 4.85. The number of ether oxygens (including phenoxy) is 1. The molecule has 0 aromatic heterocycles. The quantitative estimate of drug-likeness (QED) is 0.156. The summed E-state index contributed by atoms with van der Waals surface area (Å²) in [6.45, 7) is 4.30. The van der Waals surface area contributed by atoms with Gasteiger partial charge in [0.25, 0.3) is 11.8 Å². The van der Waals surface area contributed by atoms with Crippen LogP contribution in [0.5, 0.6) is 11.5 Å². The van der Waals surface area contributed by atoms with Gasteiger partial charge in [0, 0.05) is 35.6 Å². The fraction of sp³-hybridized carbons (Fsp3) is 0.286. The Bertz CT molecular complexity index is 1660. The van der Waals surface area contributed by atoms with E-state index in [1.807, 2.05) is 41.3 Å². The van der Waals surface area contributed by atoms with Crippen molar-refractivity contribution >= 4 is 40.4 Å². The molecule has 4 aromatic rings. The van der Waals surface area contributed by atoms with Crippen LogP contribution in [0, 0.1) is 6.92 Å². The number of nitrogens with zero attached hydrogens (tertiary/aromatic N) is 3. The zero-order valence-electron chi connectivity index (χ0n) is 25.0. The minimum atomic E-state index is -0.458. The molecule has 5 rings (SSSR count). The number of likely N-dealkylation sites (tertiary alicyclic amines) is 1. The van der Waals surface area contributed by atoms with E-state index in [9.17, 15) is 14.7 Å². The molecule has 2 amide bonds. The van der Waals surface area contributed by atoms with E-state index >= 15 is 0 Å². The van der Waals surface area contributed by atoms with Gasteiger partial charge < -0.3 is 19.6 Å². The number of carbonyl (C=O) groups excluding carboxylic acids is 2. The van der Waals surface area contributed by atoms with Crippen molar-refractivity contribution in [2.45, 2.75) is 38.8 Å². The topological polar surface area (TPSA) is 94.5 Å². The van der Waals surface area contributed by atoms with Crippen LogP contribution in [0.1, 0.15) is 46.3 Å². The van der Waals surface area contributed by atoms with Gasteiger partial charge in [0.05, 0.1) is 11.2 Å². The maximum Gasteiger partial charge on any atom is 0.271 e. The van der Waals surface area contributed by atoms with Crippen LogP contribution in [0.4, 0.5) is 0 Å². The van der Waals surface area contributed by atoms with E-state index in [1.54, 1.807) is 6.21 Å². The number of aryl methyl sites for hydroxylation is 1. The summed E-state index contributed by atoms with van der Waals surface area (Å²) in [4.78, 5) is 30.3. The van der Waals surface area contributed by atoms with E-state index < -0.39 is 5.91 Å². The predicted molar refractivity (Wildman–Crippen MR) is 174 cm³/mol. The number of aromatic hydroxyl groups is 1. The van der Waals surface area contributed by atoms with Crippen molar-refractivity contribution in [1.29, 1.82) is 0 Å². The third-order valence-electron chi connectivity index (χ3n) is 8.10. The number of phenols is 1. The second-order valence-electron chi connectivity index (χ2n) is 11.2. The van der Waals surface area contributed by atoms with Gasteiger partial charge in [-0.25, -0.2) is 5.43 Å². The second-order valence-corrected chi connectivity index (χ2v) is 11.6. The zero-order chi connectivity index (χ0) is 31.1. The van der Waals surface area contributed by atoms with Gasteiger partial charge in [-0.05, 0) is 81.1 Å². The Kier molecular flexibility index (Phi) is 10.1. The number of nitrogens with one attached hydrogen (secondary N) is 1. The molecule has 228 valence electrons. The molecule has 1 atom stereocenters. The largest absolute Gasteiger partial charge is 0.506 e. The maximum atomic E-state index is 13.5. The summed E-state index contributed by atoms with van der Waals surface area (Å²) in [5.74, 6) is -0.0172. The predicted octanol–water partition coefficient (Wildman–Crippen LogP) is 6.16. The molecule has 44 heavy (non-hydrogen) atoms. The van der Waals surface area contributed by atoms with Gasteiger partial charge in [-0.3, -0.25) is 9.59 Å². The van der Waals surface area contributed by atoms with Crippen LogP contribution in [0.15, 0.2) is 84.0 Å². The number of phenolic OH excluding ortho intramolecular Hbond substituents is 1. The Balaban J connectivity index is 1.27. The van der Waals surface area contributed by atoms with Crippen molar-refractivity contribution in [3.63, 3.8) is 0 Å². The summed E-state index contributed by atoms with van der Waals surface area (Å²) in [5, 5.41) is 15.5. The van der Waals surface area contributed by atoms with E-state index in [4.69, 9.17) is 16.3 Å². The molecule has 0 spiro atoms. The molecular formula is C35H37ClN4O4. The molecule has 0 bridgehead atoms. The Labute approximate surface area is 262 Å². The van der Waals surface area contributed by atoms with Crippen molar-refractivity contribution in [3.8, 4) is 11.5 Å². The summed E-state index contributed by atoms with van der Waals surface area (Å²) in [7, 11) is 2.16. The van der Waals surface area contributed by atoms with Crippen LogP contribution in [0.3, 0.4) is 0 Å². The molecule has 0 saturated carbocycles. The van der Waals surface area contributed by atoms with Crippen LogP contribution >= 0.6 is 11.6 Å². The minimum absolute atomic E-state index is 0.0574. The molecule has 1 fully saturated rings. The molecule has 9 heteroatoms. The lowest BCUT2D eigenvalue weighted by atomic mass is 10.0. The summed E-state index contributed by atoms with van der Waals surface area (Å²) in [6, 6.07) is 24.3. The SMILES string of the molecule is Cc1ccc(CN(CCC2CCCN2C)C(=O)COc2ccc(C=NNC(=O)c3ccc(O)c(Cl)c3)c3ccccc23)cc1. The molecule has 1 aliphatic heterocycles. The van der Waals surface area contributed by atoms with Crippen molar-refractivity contribution in [2.24, 2.45) is 5.10 Å². The maximum absolute atomic E-state index is 13.5. The first-order valence-electron chi connectivity index (χ1n) is 14.8. The highest BCUT2D eigenvalue weighted by molar-refractivity contribution is 6.32. The Morgan fingerprint density at radius 1 is 1.09 bits per heavy atom. The first-order valence-corrected chi connectivity index (χ1v) is 15.2. The zero-order valence-corrected chi connectivity index (χ0v) is 25.8. The second kappa shape index (κ2) is 14.4. The molecule has 8 nitrogen and oxygen atoms in total. The molecule has 1 aliphatic rings. The number of hydrogen-bond donors (Lipinski definition) is 2. The van der Waals surface area contributed by atoms with E-state index in [-0.39, 0.29) is 28.8 Å². The van der Waals surface area contributed by atoms with E-state index in [0.717, 1.165) is 41.3 Å². The average molecular weight is 613 g/mol. The molecule has 2 N–H and O–H groups in total. The fourth-order valence-corrected chi connectivity index (χ4v) is 5.67. The molecular weight excluding hydrogens is 576 g/mol. The Morgan fingerprint density at radius 3 is 2.59 bits per heavy atom. The number of amides is 2. The molecule has 4 aromatic carbocycles. The monoisotopic (exact) mass is 612 g/mol. The van der Waals surface area contributed by atoms with Crippen molar-refractivity contribution < 1.29 is 19.4 Å². The molecule has 1 saturated heterocycles. The number of rotatable bonds is 11. The third kappa shape index (κ3) is 7.75. The lowest BCUT2D eigenvalue weighted by Gasteiger charge is -2.27. The van der Waals surface area contributed by atoms with Crippen LogP contribution < -0.4 is 10.2 Å². The highest BCUT2D eigenvalue weighted by Crippen LogP contribution is 2.28. The smallest absolute Gasteiger partial charge is 0.271 e. The van der Waals surface area contributed by atoms with Gasteiger partial charge in [-0.2, -0.15) is 5.10 Å². The van der Waals surface area contributed by atoms with Gasteiger partial charge in [-0.1, -0.05) is 65.7 Å². The highest BCUT2D eigenvalue weighted by atomic mass is 35.5. The number of halogens is 1. The fourth-order valence-electron chi connectivity index (χ4n) is 5.49. The van der Waals surface area contributed by atoms with Gasteiger partial charge in [0.2, 0.25) is 0 Å². The summed E-state index contributed by atoms with van der Waals surface area (Å²) in [5.41, 5.74) is 5.81. The normalized spacial score (nSPS) is 15.1. The number of fused-ring (bicyclic) bond motifs is 1. The highest BCUT2D eigenvalue weighted by Gasteiger charge is 2.23. The Hall–Kier alpha value is -4.40. The molecule has 1 unspecified atom stereocenters. The van der Waals surface area contributed by atoms with Crippen molar-refractivity contribution in [2.75, 3.05) is 26.7 Å². The van der Waals surface area contributed by atoms with Crippen LogP contribution in [0.2, 0.25) is 5.02 Å². The standard InChI is InChI=1S/C35H37ClN4O4/c1-24-9-11-25(12-10-24)22-40(19-17-28-6-5-18-39(28)2)34(42)23-44-33-16-14-27(29-7-3-4-8-30(29)33)21-37-38-35(43)26-13-15-32(41)31(36)20-26/h3-4,7-16,20-21,28,41H,5-6,17-19,22-23H2,1-2H3,(H,38,43). The first-order chi connectivity index (χ1) is 21.3. The third-order valence-corrected chi connectivity index (χ3v) is 8.40. The van der Waals surface area contributed by atoms with E-state index in [0.29, 0.717) is 24.9 Å². The first kappa shape index (κ1) is 31.0. The van der Waals surface area contributed by atoms with E-state index in [1.165, 1.54) is 30.2 Å². The van der Waals surface area contributed by atoms with Crippen LogP contribution in [0.25, 0.3) is 10.8 Å². The number of carbonyl (C=O) groups is 2. The van der Waals surface area contributed by atoms with Gasteiger partial charge >= 0.3 is 0 Å². The lowest BCUT2D eigenvalue weighted by molar-refractivity contribution is -0.134. The van der Waals surface area contributed by atoms with Gasteiger partial charge in [-0.15, -0.1) is 0 Å². The van der Waals surface area contributed by atoms with Crippen molar-refractivity contribution in [3.05, 3.63) is 106 Å². The summed E-state index contributed by atoms with van der Waals surface area (Å²) < 4.78 is 6.14. The molecule has 0 radical (unpaired) electrons. The lowest BCUT2D eigenvalue weighted by Crippen LogP contribution is -2.38. The Morgan fingerprint density at radius 2 is 1.86 bits per heavy atom.